The predicted molar refractivity (Wildman–Crippen MR) is 123 cm³/mol. The zero-order chi connectivity index (χ0) is 20.3. The Kier molecular flexibility index (Phi) is 8.30. The van der Waals surface area contributed by atoms with Crippen LogP contribution in [0.3, 0.4) is 0 Å². The van der Waals surface area contributed by atoms with Crippen LogP contribution >= 0.6 is 0 Å². The number of hydrogen-bond acceptors (Lipinski definition) is 2. The number of unbranched alkanes of at least 4 members (excludes halogenated alkanes) is 4. The lowest BCUT2D eigenvalue weighted by Crippen LogP contribution is -1.96. The minimum atomic E-state index is 0.889. The van der Waals surface area contributed by atoms with Crippen molar-refractivity contribution in [3.05, 3.63) is 83.7 Å². The molecule has 0 aliphatic carbocycles. The Morgan fingerprint density at radius 1 is 0.655 bits per heavy atom. The lowest BCUT2D eigenvalue weighted by atomic mass is 10.0. The van der Waals surface area contributed by atoms with Crippen molar-refractivity contribution in [1.82, 2.24) is 4.98 Å². The van der Waals surface area contributed by atoms with Crippen molar-refractivity contribution >= 4 is 0 Å². The van der Waals surface area contributed by atoms with Crippen molar-refractivity contribution in [3.63, 3.8) is 0 Å². The van der Waals surface area contributed by atoms with Crippen molar-refractivity contribution < 1.29 is 4.74 Å². The van der Waals surface area contributed by atoms with Gasteiger partial charge >= 0.3 is 0 Å². The summed E-state index contributed by atoms with van der Waals surface area (Å²) in [5.41, 5.74) is 6.35. The van der Waals surface area contributed by atoms with Crippen molar-refractivity contribution in [2.24, 2.45) is 0 Å². The number of aryl methyl sites for hydroxylation is 3. The van der Waals surface area contributed by atoms with Gasteiger partial charge in [0.2, 0.25) is 0 Å². The minimum absolute atomic E-state index is 0.889. The Morgan fingerprint density at radius 2 is 1.31 bits per heavy atom. The second-order valence-corrected chi connectivity index (χ2v) is 7.75. The quantitative estimate of drug-likeness (QED) is 0.329. The maximum atomic E-state index is 5.23. The van der Waals surface area contributed by atoms with Gasteiger partial charge in [-0.2, -0.15) is 0 Å². The van der Waals surface area contributed by atoms with E-state index in [9.17, 15) is 0 Å². The summed E-state index contributed by atoms with van der Waals surface area (Å²) in [6.07, 6.45) is 11.9. The number of benzene rings is 2. The van der Waals surface area contributed by atoms with E-state index < -0.39 is 0 Å². The van der Waals surface area contributed by atoms with Crippen LogP contribution in [0, 0.1) is 0 Å². The smallest absolute Gasteiger partial charge is 0.118 e. The molecule has 152 valence electrons. The molecule has 2 heteroatoms. The van der Waals surface area contributed by atoms with Crippen molar-refractivity contribution in [2.45, 2.75) is 58.3 Å². The molecule has 2 nitrogen and oxygen atoms in total. The Bertz CT molecular complexity index is 835. The van der Waals surface area contributed by atoms with Gasteiger partial charge in [-0.05, 0) is 66.1 Å². The molecule has 0 unspecified atom stereocenters. The van der Waals surface area contributed by atoms with E-state index in [-0.39, 0.29) is 0 Å². The number of methoxy groups -OCH3 is 1. The first-order valence-electron chi connectivity index (χ1n) is 11.0. The SMILES string of the molecule is CCCCCCCc1ccc(CCc2ccc(-c3ccc(OC)cc3)cc2)nc1. The molecule has 0 aliphatic heterocycles. The zero-order valence-electron chi connectivity index (χ0n) is 17.9. The average Bonchev–Trinajstić information content (AvgIpc) is 2.79. The fourth-order valence-electron chi connectivity index (χ4n) is 3.60. The molecule has 3 aromatic rings. The Hall–Kier alpha value is -2.61. The summed E-state index contributed by atoms with van der Waals surface area (Å²) in [5, 5.41) is 0. The molecule has 0 aliphatic rings. The number of ether oxygens (including phenoxy) is 1. The molecule has 0 spiro atoms. The molecule has 0 N–H and O–H groups in total. The number of pyridine rings is 1. The highest BCUT2D eigenvalue weighted by molar-refractivity contribution is 5.64. The molecule has 0 fully saturated rings. The third-order valence-electron chi connectivity index (χ3n) is 5.50. The Balaban J connectivity index is 1.47. The van der Waals surface area contributed by atoms with Crippen LogP contribution in [-0.4, -0.2) is 12.1 Å². The van der Waals surface area contributed by atoms with Gasteiger partial charge in [0.15, 0.2) is 0 Å². The summed E-state index contributed by atoms with van der Waals surface area (Å²) in [5.74, 6) is 0.889. The van der Waals surface area contributed by atoms with Gasteiger partial charge in [0.25, 0.3) is 0 Å². The molecule has 0 atom stereocenters. The van der Waals surface area contributed by atoms with Gasteiger partial charge < -0.3 is 4.74 Å². The van der Waals surface area contributed by atoms with Crippen molar-refractivity contribution in [3.8, 4) is 16.9 Å². The molecule has 29 heavy (non-hydrogen) atoms. The van der Waals surface area contributed by atoms with E-state index in [1.54, 1.807) is 7.11 Å². The number of rotatable bonds is 11. The van der Waals surface area contributed by atoms with Crippen molar-refractivity contribution in [1.29, 1.82) is 0 Å². The maximum absolute atomic E-state index is 5.23. The molecule has 0 bridgehead atoms. The molecular formula is C27H33NO. The predicted octanol–water partition coefficient (Wildman–Crippen LogP) is 7.06. The first-order valence-corrected chi connectivity index (χ1v) is 11.0. The summed E-state index contributed by atoms with van der Waals surface area (Å²) in [6.45, 7) is 2.26. The van der Waals surface area contributed by atoms with Gasteiger partial charge in [-0.1, -0.05) is 75.1 Å². The summed E-state index contributed by atoms with van der Waals surface area (Å²) < 4.78 is 5.23. The van der Waals surface area contributed by atoms with E-state index in [1.165, 1.54) is 60.1 Å². The minimum Gasteiger partial charge on any atom is -0.497 e. The molecule has 3 rings (SSSR count). The van der Waals surface area contributed by atoms with E-state index >= 15 is 0 Å². The second-order valence-electron chi connectivity index (χ2n) is 7.75. The Morgan fingerprint density at radius 3 is 1.93 bits per heavy atom. The fraction of sp³-hybridized carbons (Fsp3) is 0.370. The average molecular weight is 388 g/mol. The molecular weight excluding hydrogens is 354 g/mol. The lowest BCUT2D eigenvalue weighted by molar-refractivity contribution is 0.415. The van der Waals surface area contributed by atoms with Crippen LogP contribution < -0.4 is 4.74 Å². The van der Waals surface area contributed by atoms with Crippen LogP contribution in [0.4, 0.5) is 0 Å². The number of aromatic nitrogens is 1. The van der Waals surface area contributed by atoms with Crippen LogP contribution in [0.1, 0.15) is 55.8 Å². The summed E-state index contributed by atoms with van der Waals surface area (Å²) >= 11 is 0. The van der Waals surface area contributed by atoms with E-state index in [2.05, 4.69) is 66.6 Å². The molecule has 0 saturated carbocycles. The fourth-order valence-corrected chi connectivity index (χ4v) is 3.60. The first-order chi connectivity index (χ1) is 14.3. The van der Waals surface area contributed by atoms with Crippen LogP contribution in [0.25, 0.3) is 11.1 Å². The number of nitrogens with zero attached hydrogens (tertiary/aromatic N) is 1. The summed E-state index contributed by atoms with van der Waals surface area (Å²) in [7, 11) is 1.70. The van der Waals surface area contributed by atoms with Gasteiger partial charge in [-0.15, -0.1) is 0 Å². The molecule has 0 amide bonds. The van der Waals surface area contributed by atoms with E-state index in [0.717, 1.165) is 25.0 Å². The Labute approximate surface area is 176 Å². The van der Waals surface area contributed by atoms with Gasteiger partial charge in [0.1, 0.15) is 5.75 Å². The topological polar surface area (TPSA) is 22.1 Å². The molecule has 2 aromatic carbocycles. The standard InChI is InChI=1S/C27H33NO/c1-3-4-5-6-7-8-23-12-18-26(28-21-23)17-11-22-9-13-24(14-10-22)25-15-19-27(29-2)20-16-25/h9-10,12-16,18-21H,3-8,11,17H2,1-2H3. The van der Waals surface area contributed by atoms with Crippen LogP contribution in [0.2, 0.25) is 0 Å². The van der Waals surface area contributed by atoms with E-state index in [4.69, 9.17) is 4.74 Å². The van der Waals surface area contributed by atoms with Crippen molar-refractivity contribution in [2.75, 3.05) is 7.11 Å². The second kappa shape index (κ2) is 11.4. The molecule has 0 saturated heterocycles. The third kappa shape index (κ3) is 6.74. The largest absolute Gasteiger partial charge is 0.497 e. The molecule has 1 heterocycles. The zero-order valence-corrected chi connectivity index (χ0v) is 17.9. The molecule has 1 aromatic heterocycles. The molecule has 0 radical (unpaired) electrons. The van der Waals surface area contributed by atoms with Crippen LogP contribution in [-0.2, 0) is 19.3 Å². The highest BCUT2D eigenvalue weighted by atomic mass is 16.5. The number of hydrogen-bond donors (Lipinski definition) is 0. The van der Waals surface area contributed by atoms with E-state index in [0.29, 0.717) is 0 Å². The van der Waals surface area contributed by atoms with Crippen LogP contribution in [0.5, 0.6) is 5.75 Å². The highest BCUT2D eigenvalue weighted by Crippen LogP contribution is 2.23. The van der Waals surface area contributed by atoms with Gasteiger partial charge in [0.05, 0.1) is 7.11 Å². The van der Waals surface area contributed by atoms with Gasteiger partial charge in [-0.25, -0.2) is 0 Å². The maximum Gasteiger partial charge on any atom is 0.118 e. The van der Waals surface area contributed by atoms with Crippen LogP contribution in [0.15, 0.2) is 66.9 Å². The van der Waals surface area contributed by atoms with E-state index in [1.807, 2.05) is 12.1 Å². The summed E-state index contributed by atoms with van der Waals surface area (Å²) in [6, 6.07) is 21.5. The van der Waals surface area contributed by atoms with Gasteiger partial charge in [0, 0.05) is 11.9 Å². The first kappa shape index (κ1) is 21.1. The lowest BCUT2D eigenvalue weighted by Gasteiger charge is -2.07. The van der Waals surface area contributed by atoms with Gasteiger partial charge in [-0.3, -0.25) is 4.98 Å². The highest BCUT2D eigenvalue weighted by Gasteiger charge is 2.02. The third-order valence-corrected chi connectivity index (χ3v) is 5.50. The monoisotopic (exact) mass is 387 g/mol. The normalized spacial score (nSPS) is 10.8. The summed E-state index contributed by atoms with van der Waals surface area (Å²) in [4.78, 5) is 4.68.